The molecule has 1 unspecified atom stereocenters. The second kappa shape index (κ2) is 8.25. The van der Waals surface area contributed by atoms with Crippen LogP contribution in [0.2, 0.25) is 0 Å². The average Bonchev–Trinajstić information content (AvgIpc) is 2.39. The Balaban J connectivity index is 2.53. The third-order valence-corrected chi connectivity index (χ3v) is 3.11. The highest BCUT2D eigenvalue weighted by atomic mass is 16.5. The Bertz CT molecular complexity index is 322. The zero-order valence-corrected chi connectivity index (χ0v) is 11.8. The molecule has 0 aliphatic carbocycles. The number of hydrazine groups is 1. The van der Waals surface area contributed by atoms with E-state index in [0.29, 0.717) is 5.92 Å². The van der Waals surface area contributed by atoms with Gasteiger partial charge in [-0.3, -0.25) is 11.3 Å². The fraction of sp³-hybridized carbons (Fsp3) is 0.600. The normalized spacial score (nSPS) is 12.9. The quantitative estimate of drug-likeness (QED) is 0.423. The summed E-state index contributed by atoms with van der Waals surface area (Å²) in [5.74, 6) is 6.18. The summed E-state index contributed by atoms with van der Waals surface area (Å²) in [6, 6.07) is 8.83. The summed E-state index contributed by atoms with van der Waals surface area (Å²) in [6.07, 6.45) is 1.96. The minimum Gasteiger partial charge on any atom is -0.381 e. The number of ether oxygens (including phenoxy) is 1. The zero-order valence-electron chi connectivity index (χ0n) is 11.8. The summed E-state index contributed by atoms with van der Waals surface area (Å²) in [4.78, 5) is 0. The van der Waals surface area contributed by atoms with Crippen LogP contribution in [0.3, 0.4) is 0 Å². The van der Waals surface area contributed by atoms with Gasteiger partial charge in [0.2, 0.25) is 0 Å². The first-order chi connectivity index (χ1) is 8.69. The van der Waals surface area contributed by atoms with Gasteiger partial charge in [0.15, 0.2) is 0 Å². The van der Waals surface area contributed by atoms with Gasteiger partial charge in [0.25, 0.3) is 0 Å². The van der Waals surface area contributed by atoms with Crippen molar-refractivity contribution < 1.29 is 4.74 Å². The molecule has 18 heavy (non-hydrogen) atoms. The van der Waals surface area contributed by atoms with Gasteiger partial charge in [-0.15, -0.1) is 0 Å². The maximum absolute atomic E-state index is 5.61. The lowest BCUT2D eigenvalue weighted by molar-refractivity contribution is 0.124. The van der Waals surface area contributed by atoms with Crippen molar-refractivity contribution in [2.75, 3.05) is 13.2 Å². The standard InChI is InChI=1S/C15H26N2O/c1-4-10-18-11-9-15(17-16)14-7-5-13(6-8-14)12(2)3/h5-8,12,15,17H,4,9-11,16H2,1-3H3. The van der Waals surface area contributed by atoms with Crippen LogP contribution in [0.25, 0.3) is 0 Å². The van der Waals surface area contributed by atoms with Gasteiger partial charge in [0.05, 0.1) is 0 Å². The molecule has 0 radical (unpaired) electrons. The molecule has 1 rings (SSSR count). The predicted octanol–water partition coefficient (Wildman–Crippen LogP) is 3.13. The molecule has 1 aromatic carbocycles. The first-order valence-corrected chi connectivity index (χ1v) is 6.82. The topological polar surface area (TPSA) is 47.3 Å². The van der Waals surface area contributed by atoms with Crippen molar-refractivity contribution in [1.82, 2.24) is 5.43 Å². The predicted molar refractivity (Wildman–Crippen MR) is 76.3 cm³/mol. The molecule has 1 atom stereocenters. The number of hydrogen-bond acceptors (Lipinski definition) is 3. The van der Waals surface area contributed by atoms with E-state index in [-0.39, 0.29) is 6.04 Å². The van der Waals surface area contributed by atoms with E-state index in [1.54, 1.807) is 0 Å². The van der Waals surface area contributed by atoms with E-state index in [9.17, 15) is 0 Å². The van der Waals surface area contributed by atoms with E-state index < -0.39 is 0 Å². The highest BCUT2D eigenvalue weighted by Gasteiger charge is 2.09. The van der Waals surface area contributed by atoms with Crippen LogP contribution in [-0.4, -0.2) is 13.2 Å². The van der Waals surface area contributed by atoms with Gasteiger partial charge in [-0.05, 0) is 29.9 Å². The maximum atomic E-state index is 5.61. The maximum Gasteiger partial charge on any atom is 0.0484 e. The van der Waals surface area contributed by atoms with Crippen LogP contribution in [0.15, 0.2) is 24.3 Å². The molecule has 102 valence electrons. The van der Waals surface area contributed by atoms with E-state index in [1.807, 2.05) is 0 Å². The third kappa shape index (κ3) is 4.77. The van der Waals surface area contributed by atoms with Crippen LogP contribution in [0.4, 0.5) is 0 Å². The molecule has 3 nitrogen and oxygen atoms in total. The smallest absolute Gasteiger partial charge is 0.0484 e. The highest BCUT2D eigenvalue weighted by molar-refractivity contribution is 5.26. The fourth-order valence-electron chi connectivity index (χ4n) is 1.91. The van der Waals surface area contributed by atoms with Crippen molar-refractivity contribution in [3.8, 4) is 0 Å². The molecule has 3 N–H and O–H groups in total. The van der Waals surface area contributed by atoms with E-state index in [0.717, 1.165) is 26.1 Å². The summed E-state index contributed by atoms with van der Waals surface area (Å²) in [5.41, 5.74) is 5.45. The Kier molecular flexibility index (Phi) is 6.94. The van der Waals surface area contributed by atoms with Crippen LogP contribution in [0, 0.1) is 0 Å². The molecule has 0 spiro atoms. The van der Waals surface area contributed by atoms with Gasteiger partial charge in [-0.25, -0.2) is 0 Å². The molecule has 0 aliphatic rings. The second-order valence-corrected chi connectivity index (χ2v) is 4.94. The SMILES string of the molecule is CCCOCCC(NN)c1ccc(C(C)C)cc1. The van der Waals surface area contributed by atoms with E-state index >= 15 is 0 Å². The Hall–Kier alpha value is -0.900. The first kappa shape index (κ1) is 15.2. The van der Waals surface area contributed by atoms with Crippen molar-refractivity contribution in [1.29, 1.82) is 0 Å². The third-order valence-electron chi connectivity index (χ3n) is 3.11. The lowest BCUT2D eigenvalue weighted by atomic mass is 9.98. The van der Waals surface area contributed by atoms with Crippen LogP contribution in [-0.2, 0) is 4.74 Å². The monoisotopic (exact) mass is 250 g/mol. The summed E-state index contributed by atoms with van der Waals surface area (Å²) in [5, 5.41) is 0. The summed E-state index contributed by atoms with van der Waals surface area (Å²) in [7, 11) is 0. The molecule has 1 aromatic rings. The Morgan fingerprint density at radius 2 is 1.72 bits per heavy atom. The Morgan fingerprint density at radius 3 is 2.22 bits per heavy atom. The molecule has 0 amide bonds. The van der Waals surface area contributed by atoms with Crippen molar-refractivity contribution >= 4 is 0 Å². The van der Waals surface area contributed by atoms with Crippen LogP contribution < -0.4 is 11.3 Å². The van der Waals surface area contributed by atoms with Crippen molar-refractivity contribution in [3.05, 3.63) is 35.4 Å². The minimum absolute atomic E-state index is 0.170. The molecule has 0 aliphatic heterocycles. The van der Waals surface area contributed by atoms with E-state index in [2.05, 4.69) is 50.5 Å². The highest BCUT2D eigenvalue weighted by Crippen LogP contribution is 2.20. The van der Waals surface area contributed by atoms with Crippen LogP contribution >= 0.6 is 0 Å². The van der Waals surface area contributed by atoms with Crippen molar-refractivity contribution in [2.24, 2.45) is 5.84 Å². The van der Waals surface area contributed by atoms with Crippen LogP contribution in [0.5, 0.6) is 0 Å². The van der Waals surface area contributed by atoms with Gasteiger partial charge in [0, 0.05) is 19.3 Å². The lowest BCUT2D eigenvalue weighted by Gasteiger charge is -2.17. The Labute approximate surface area is 111 Å². The number of rotatable bonds is 8. The van der Waals surface area contributed by atoms with E-state index in [4.69, 9.17) is 10.6 Å². The second-order valence-electron chi connectivity index (χ2n) is 4.94. The van der Waals surface area contributed by atoms with Crippen molar-refractivity contribution in [3.63, 3.8) is 0 Å². The molecule has 0 fully saturated rings. The summed E-state index contributed by atoms with van der Waals surface area (Å²) < 4.78 is 5.50. The van der Waals surface area contributed by atoms with Crippen LogP contribution in [0.1, 0.15) is 56.7 Å². The summed E-state index contributed by atoms with van der Waals surface area (Å²) in [6.45, 7) is 8.08. The minimum atomic E-state index is 0.170. The number of nitrogens with two attached hydrogens (primary N) is 1. The fourth-order valence-corrected chi connectivity index (χ4v) is 1.91. The average molecular weight is 250 g/mol. The Morgan fingerprint density at radius 1 is 1.11 bits per heavy atom. The molecule has 3 heteroatoms. The molecule has 0 heterocycles. The molecular formula is C15H26N2O. The molecule has 0 aromatic heterocycles. The van der Waals surface area contributed by atoms with Gasteiger partial charge in [-0.2, -0.15) is 0 Å². The van der Waals surface area contributed by atoms with Gasteiger partial charge in [0.1, 0.15) is 0 Å². The number of nitrogens with one attached hydrogen (secondary N) is 1. The van der Waals surface area contributed by atoms with Gasteiger partial charge < -0.3 is 4.74 Å². The molecule has 0 saturated carbocycles. The molecular weight excluding hydrogens is 224 g/mol. The van der Waals surface area contributed by atoms with Gasteiger partial charge in [-0.1, -0.05) is 45.0 Å². The number of hydrogen-bond donors (Lipinski definition) is 2. The summed E-state index contributed by atoms with van der Waals surface area (Å²) >= 11 is 0. The zero-order chi connectivity index (χ0) is 13.4. The van der Waals surface area contributed by atoms with Crippen molar-refractivity contribution in [2.45, 2.75) is 45.6 Å². The lowest BCUT2D eigenvalue weighted by Crippen LogP contribution is -2.29. The number of benzene rings is 1. The largest absolute Gasteiger partial charge is 0.381 e. The van der Waals surface area contributed by atoms with Gasteiger partial charge >= 0.3 is 0 Å². The molecule has 0 bridgehead atoms. The first-order valence-electron chi connectivity index (χ1n) is 6.82. The molecule has 0 saturated heterocycles. The van der Waals surface area contributed by atoms with E-state index in [1.165, 1.54) is 11.1 Å².